The quantitative estimate of drug-likeness (QED) is 0.845. The Labute approximate surface area is 113 Å². The van der Waals surface area contributed by atoms with Gasteiger partial charge in [-0.25, -0.2) is 13.6 Å². The van der Waals surface area contributed by atoms with Crippen molar-refractivity contribution in [2.45, 2.75) is 6.92 Å². The van der Waals surface area contributed by atoms with Crippen LogP contribution >= 0.6 is 0 Å². The number of nitrogen functional groups attached to an aromatic ring is 1. The second-order valence-corrected chi connectivity index (χ2v) is 4.18. The number of carboxylic acids is 1. The number of anilines is 1. The van der Waals surface area contributed by atoms with Crippen molar-refractivity contribution in [3.05, 3.63) is 53.1 Å². The highest BCUT2D eigenvalue weighted by Gasteiger charge is 2.20. The Hall–Kier alpha value is -2.63. The van der Waals surface area contributed by atoms with Crippen LogP contribution in [-0.4, -0.2) is 11.1 Å². The van der Waals surface area contributed by atoms with E-state index in [1.807, 2.05) is 0 Å². The van der Waals surface area contributed by atoms with Crippen LogP contribution in [0.1, 0.15) is 15.9 Å². The molecule has 0 fully saturated rings. The topological polar surface area (TPSA) is 72.5 Å². The van der Waals surface area contributed by atoms with Crippen LogP contribution in [0.3, 0.4) is 0 Å². The molecular formula is C14H11F2NO3. The summed E-state index contributed by atoms with van der Waals surface area (Å²) < 4.78 is 32.1. The van der Waals surface area contributed by atoms with Gasteiger partial charge in [0.05, 0.1) is 5.69 Å². The number of hydrogen-bond donors (Lipinski definition) is 2. The van der Waals surface area contributed by atoms with E-state index in [0.29, 0.717) is 0 Å². The Bertz CT molecular complexity index is 686. The summed E-state index contributed by atoms with van der Waals surface area (Å²) in [5.41, 5.74) is 5.02. The lowest BCUT2D eigenvalue weighted by atomic mass is 10.1. The van der Waals surface area contributed by atoms with Crippen molar-refractivity contribution in [2.75, 3.05) is 5.73 Å². The predicted octanol–water partition coefficient (Wildman–Crippen LogP) is 3.35. The fourth-order valence-electron chi connectivity index (χ4n) is 1.69. The lowest BCUT2D eigenvalue weighted by Gasteiger charge is -2.12. The van der Waals surface area contributed by atoms with Crippen molar-refractivity contribution in [3.63, 3.8) is 0 Å². The van der Waals surface area contributed by atoms with Gasteiger partial charge in [0, 0.05) is 0 Å². The van der Waals surface area contributed by atoms with E-state index in [2.05, 4.69) is 0 Å². The molecule has 0 aliphatic carbocycles. The van der Waals surface area contributed by atoms with E-state index in [1.54, 1.807) is 13.0 Å². The maximum Gasteiger partial charge on any atom is 0.341 e. The van der Waals surface area contributed by atoms with Crippen LogP contribution in [0.2, 0.25) is 0 Å². The Morgan fingerprint density at radius 1 is 1.15 bits per heavy atom. The molecule has 3 N–H and O–H groups in total. The molecule has 0 saturated carbocycles. The maximum atomic E-state index is 13.6. The molecule has 0 saturated heterocycles. The minimum absolute atomic E-state index is 0.154. The molecule has 4 nitrogen and oxygen atoms in total. The highest BCUT2D eigenvalue weighted by molar-refractivity contribution is 5.97. The van der Waals surface area contributed by atoms with Gasteiger partial charge in [-0.3, -0.25) is 0 Å². The van der Waals surface area contributed by atoms with Crippen LogP contribution in [0, 0.1) is 18.6 Å². The first-order valence-corrected chi connectivity index (χ1v) is 5.65. The first kappa shape index (κ1) is 13.8. The Morgan fingerprint density at radius 3 is 2.45 bits per heavy atom. The highest BCUT2D eigenvalue weighted by Crippen LogP contribution is 2.32. The standard InChI is InChI=1S/C14H11F2NO3/c1-7-2-3-8(15)11(6-7)20-10-5-4-9(16)13(17)12(10)14(18)19/h2-6H,17H2,1H3,(H,18,19). The van der Waals surface area contributed by atoms with Gasteiger partial charge in [-0.1, -0.05) is 6.07 Å². The van der Waals surface area contributed by atoms with Gasteiger partial charge in [-0.2, -0.15) is 0 Å². The normalized spacial score (nSPS) is 10.3. The fraction of sp³-hybridized carbons (Fsp3) is 0.0714. The number of halogens is 2. The van der Waals surface area contributed by atoms with Crippen LogP contribution in [0.25, 0.3) is 0 Å². The molecule has 0 bridgehead atoms. The van der Waals surface area contributed by atoms with Crippen LogP contribution < -0.4 is 10.5 Å². The summed E-state index contributed by atoms with van der Waals surface area (Å²) in [6, 6.07) is 6.19. The fourth-order valence-corrected chi connectivity index (χ4v) is 1.69. The molecule has 6 heteroatoms. The molecule has 0 radical (unpaired) electrons. The van der Waals surface area contributed by atoms with Gasteiger partial charge in [-0.15, -0.1) is 0 Å². The molecule has 0 spiro atoms. The Balaban J connectivity index is 2.51. The minimum Gasteiger partial charge on any atom is -0.477 e. The Kier molecular flexibility index (Phi) is 3.56. The molecule has 0 aliphatic rings. The Morgan fingerprint density at radius 2 is 1.80 bits per heavy atom. The van der Waals surface area contributed by atoms with Crippen molar-refractivity contribution < 1.29 is 23.4 Å². The zero-order valence-electron chi connectivity index (χ0n) is 10.5. The molecule has 0 aliphatic heterocycles. The van der Waals surface area contributed by atoms with Gasteiger partial charge < -0.3 is 15.6 Å². The second-order valence-electron chi connectivity index (χ2n) is 4.18. The summed E-state index contributed by atoms with van der Waals surface area (Å²) >= 11 is 0. The average molecular weight is 279 g/mol. The minimum atomic E-state index is -1.45. The summed E-state index contributed by atoms with van der Waals surface area (Å²) in [6.07, 6.45) is 0. The van der Waals surface area contributed by atoms with E-state index in [0.717, 1.165) is 17.7 Å². The molecule has 0 heterocycles. The zero-order valence-corrected chi connectivity index (χ0v) is 10.5. The first-order valence-electron chi connectivity index (χ1n) is 5.65. The van der Waals surface area contributed by atoms with Gasteiger partial charge >= 0.3 is 5.97 Å². The molecule has 2 aromatic carbocycles. The molecule has 2 aromatic rings. The zero-order chi connectivity index (χ0) is 14.9. The smallest absolute Gasteiger partial charge is 0.341 e. The number of nitrogens with two attached hydrogens (primary N) is 1. The van der Waals surface area contributed by atoms with Crippen LogP contribution in [0.5, 0.6) is 11.5 Å². The lowest BCUT2D eigenvalue weighted by Crippen LogP contribution is -2.07. The number of carboxylic acid groups (broad SMARTS) is 1. The summed E-state index contributed by atoms with van der Waals surface area (Å²) in [7, 11) is 0. The molecule has 104 valence electrons. The van der Waals surface area contributed by atoms with Crippen molar-refractivity contribution >= 4 is 11.7 Å². The molecule has 2 rings (SSSR count). The number of hydrogen-bond acceptors (Lipinski definition) is 3. The summed E-state index contributed by atoms with van der Waals surface area (Å²) in [5.74, 6) is -3.36. The largest absolute Gasteiger partial charge is 0.477 e. The van der Waals surface area contributed by atoms with Crippen LogP contribution in [0.4, 0.5) is 14.5 Å². The number of rotatable bonds is 3. The maximum absolute atomic E-state index is 13.6. The van der Waals surface area contributed by atoms with E-state index in [1.165, 1.54) is 12.1 Å². The number of benzene rings is 2. The summed E-state index contributed by atoms with van der Waals surface area (Å²) in [4.78, 5) is 11.1. The first-order chi connectivity index (χ1) is 9.40. The van der Waals surface area contributed by atoms with E-state index in [-0.39, 0.29) is 11.5 Å². The molecular weight excluding hydrogens is 268 g/mol. The third kappa shape index (κ3) is 2.54. The molecule has 0 amide bonds. The molecule has 0 atom stereocenters. The van der Waals surface area contributed by atoms with Gasteiger partial charge in [0.25, 0.3) is 0 Å². The number of aromatic carboxylic acids is 1. The lowest BCUT2D eigenvalue weighted by molar-refractivity contribution is 0.0695. The second kappa shape index (κ2) is 5.16. The van der Waals surface area contributed by atoms with Crippen molar-refractivity contribution in [1.82, 2.24) is 0 Å². The average Bonchev–Trinajstić information content (AvgIpc) is 2.38. The van der Waals surface area contributed by atoms with Crippen molar-refractivity contribution in [2.24, 2.45) is 0 Å². The number of ether oxygens (including phenoxy) is 1. The number of aryl methyl sites for hydroxylation is 1. The van der Waals surface area contributed by atoms with Gasteiger partial charge in [0.1, 0.15) is 17.1 Å². The third-order valence-corrected chi connectivity index (χ3v) is 2.67. The summed E-state index contributed by atoms with van der Waals surface area (Å²) in [6.45, 7) is 1.73. The van der Waals surface area contributed by atoms with Gasteiger partial charge in [-0.05, 0) is 36.8 Å². The molecule has 0 aromatic heterocycles. The van der Waals surface area contributed by atoms with Crippen LogP contribution in [0.15, 0.2) is 30.3 Å². The van der Waals surface area contributed by atoms with Crippen molar-refractivity contribution in [3.8, 4) is 11.5 Å². The summed E-state index contributed by atoms with van der Waals surface area (Å²) in [5, 5.41) is 9.05. The van der Waals surface area contributed by atoms with E-state index < -0.39 is 28.9 Å². The molecule has 0 unspecified atom stereocenters. The molecule has 20 heavy (non-hydrogen) atoms. The predicted molar refractivity (Wildman–Crippen MR) is 69.0 cm³/mol. The van der Waals surface area contributed by atoms with E-state index in [9.17, 15) is 13.6 Å². The van der Waals surface area contributed by atoms with E-state index in [4.69, 9.17) is 15.6 Å². The highest BCUT2D eigenvalue weighted by atomic mass is 19.1. The van der Waals surface area contributed by atoms with Crippen molar-refractivity contribution in [1.29, 1.82) is 0 Å². The third-order valence-electron chi connectivity index (χ3n) is 2.67. The number of carbonyl (C=O) groups is 1. The van der Waals surface area contributed by atoms with Crippen LogP contribution in [-0.2, 0) is 0 Å². The monoisotopic (exact) mass is 279 g/mol. The van der Waals surface area contributed by atoms with E-state index >= 15 is 0 Å². The SMILES string of the molecule is Cc1ccc(F)c(Oc2ccc(F)c(N)c2C(=O)O)c1. The van der Waals surface area contributed by atoms with Gasteiger partial charge in [0.15, 0.2) is 11.6 Å². The van der Waals surface area contributed by atoms with Gasteiger partial charge in [0.2, 0.25) is 0 Å².